The van der Waals surface area contributed by atoms with E-state index < -0.39 is 6.04 Å². The van der Waals surface area contributed by atoms with Gasteiger partial charge in [0.05, 0.1) is 6.61 Å². The molecule has 0 spiro atoms. The van der Waals surface area contributed by atoms with Crippen LogP contribution in [-0.2, 0) is 4.79 Å². The molecule has 0 heterocycles. The summed E-state index contributed by atoms with van der Waals surface area (Å²) in [6, 6.07) is -0.373. The highest BCUT2D eigenvalue weighted by molar-refractivity contribution is 5.82. The molecule has 0 aliphatic rings. The lowest BCUT2D eigenvalue weighted by atomic mass is 10.2. The van der Waals surface area contributed by atoms with E-state index in [2.05, 4.69) is 10.6 Å². The van der Waals surface area contributed by atoms with Gasteiger partial charge in [-0.15, -0.1) is 0 Å². The van der Waals surface area contributed by atoms with Gasteiger partial charge in [-0.05, 0) is 20.9 Å². The zero-order valence-electron chi connectivity index (χ0n) is 7.22. The Balaban J connectivity index is 3.79. The minimum Gasteiger partial charge on any atom is -0.394 e. The number of amides is 1. The minimum absolute atomic E-state index is 0.116. The highest BCUT2D eigenvalue weighted by Crippen LogP contribution is 1.83. The van der Waals surface area contributed by atoms with Crippen LogP contribution in [0.2, 0.25) is 0 Å². The van der Waals surface area contributed by atoms with Crippen molar-refractivity contribution in [2.45, 2.75) is 25.9 Å². The molecule has 0 aromatic rings. The summed E-state index contributed by atoms with van der Waals surface area (Å²) < 4.78 is 0. The molecule has 1 atom stereocenters. The number of nitrogens with one attached hydrogen (secondary N) is 2. The van der Waals surface area contributed by atoms with Gasteiger partial charge in [-0.2, -0.15) is 0 Å². The summed E-state index contributed by atoms with van der Waals surface area (Å²) in [7, 11) is 1.64. The molecule has 11 heavy (non-hydrogen) atoms. The number of rotatable bonds is 4. The van der Waals surface area contributed by atoms with Gasteiger partial charge in [-0.1, -0.05) is 0 Å². The summed E-state index contributed by atoms with van der Waals surface area (Å²) in [6.45, 7) is 3.58. The summed E-state index contributed by atoms with van der Waals surface area (Å²) in [6.07, 6.45) is 0. The van der Waals surface area contributed by atoms with Crippen LogP contribution >= 0.6 is 0 Å². The van der Waals surface area contributed by atoms with Crippen LogP contribution in [0.25, 0.3) is 0 Å². The van der Waals surface area contributed by atoms with Crippen molar-refractivity contribution < 1.29 is 9.90 Å². The third-order valence-electron chi connectivity index (χ3n) is 1.28. The Morgan fingerprint density at radius 3 is 2.36 bits per heavy atom. The van der Waals surface area contributed by atoms with Gasteiger partial charge >= 0.3 is 0 Å². The Kier molecular flexibility index (Phi) is 4.81. The molecular weight excluding hydrogens is 144 g/mol. The standard InChI is InChI=1S/C7H16N2O2/c1-5(2)9-7(11)6(4-10)8-3/h5-6,8,10H,4H2,1-3H3,(H,9,11). The predicted molar refractivity (Wildman–Crippen MR) is 43.2 cm³/mol. The maximum absolute atomic E-state index is 11.1. The monoisotopic (exact) mass is 160 g/mol. The Morgan fingerprint density at radius 1 is 1.55 bits per heavy atom. The van der Waals surface area contributed by atoms with Gasteiger partial charge in [-0.3, -0.25) is 4.79 Å². The quantitative estimate of drug-likeness (QED) is 0.499. The van der Waals surface area contributed by atoms with Crippen molar-refractivity contribution in [2.24, 2.45) is 0 Å². The molecule has 0 radical (unpaired) electrons. The molecule has 0 rings (SSSR count). The minimum atomic E-state index is -0.489. The van der Waals surface area contributed by atoms with E-state index in [1.165, 1.54) is 0 Å². The number of carbonyl (C=O) groups excluding carboxylic acids is 1. The van der Waals surface area contributed by atoms with E-state index in [4.69, 9.17) is 5.11 Å². The first-order valence-corrected chi connectivity index (χ1v) is 3.70. The Hall–Kier alpha value is -0.610. The van der Waals surface area contributed by atoms with Gasteiger partial charge in [0.15, 0.2) is 0 Å². The van der Waals surface area contributed by atoms with Gasteiger partial charge in [-0.25, -0.2) is 0 Å². The number of carbonyl (C=O) groups is 1. The number of aliphatic hydroxyl groups is 1. The second-order valence-electron chi connectivity index (χ2n) is 2.69. The van der Waals surface area contributed by atoms with Gasteiger partial charge < -0.3 is 15.7 Å². The topological polar surface area (TPSA) is 61.4 Å². The molecule has 3 N–H and O–H groups in total. The van der Waals surface area contributed by atoms with Crippen LogP contribution in [0.1, 0.15) is 13.8 Å². The van der Waals surface area contributed by atoms with Crippen LogP contribution in [0.5, 0.6) is 0 Å². The van der Waals surface area contributed by atoms with Crippen molar-refractivity contribution in [3.05, 3.63) is 0 Å². The van der Waals surface area contributed by atoms with E-state index in [0.717, 1.165) is 0 Å². The first-order chi connectivity index (χ1) is 5.11. The van der Waals surface area contributed by atoms with E-state index in [-0.39, 0.29) is 18.6 Å². The number of hydrogen-bond acceptors (Lipinski definition) is 3. The number of likely N-dealkylation sites (N-methyl/N-ethyl adjacent to an activating group) is 1. The summed E-state index contributed by atoms with van der Waals surface area (Å²) >= 11 is 0. The molecule has 1 amide bonds. The van der Waals surface area contributed by atoms with Crippen molar-refractivity contribution >= 4 is 5.91 Å². The lowest BCUT2D eigenvalue weighted by Crippen LogP contribution is -2.47. The maximum Gasteiger partial charge on any atom is 0.239 e. The van der Waals surface area contributed by atoms with E-state index in [9.17, 15) is 4.79 Å². The molecule has 0 bridgehead atoms. The Bertz CT molecular complexity index is 122. The van der Waals surface area contributed by atoms with E-state index in [1.54, 1.807) is 7.05 Å². The summed E-state index contributed by atoms with van der Waals surface area (Å²) in [5, 5.41) is 14.1. The third kappa shape index (κ3) is 3.95. The SMILES string of the molecule is CNC(CO)C(=O)NC(C)C. The van der Waals surface area contributed by atoms with Crippen LogP contribution in [0, 0.1) is 0 Å². The molecular formula is C7H16N2O2. The molecule has 0 aromatic carbocycles. The first-order valence-electron chi connectivity index (χ1n) is 3.70. The van der Waals surface area contributed by atoms with E-state index in [1.807, 2.05) is 13.8 Å². The predicted octanol–water partition coefficient (Wildman–Crippen LogP) is -0.909. The Labute approximate surface area is 67.0 Å². The molecule has 1 unspecified atom stereocenters. The van der Waals surface area contributed by atoms with Crippen LogP contribution in [-0.4, -0.2) is 36.8 Å². The number of hydrogen-bond donors (Lipinski definition) is 3. The molecule has 0 saturated carbocycles. The van der Waals surface area contributed by atoms with E-state index in [0.29, 0.717) is 0 Å². The second kappa shape index (κ2) is 5.09. The lowest BCUT2D eigenvalue weighted by Gasteiger charge is -2.14. The molecule has 0 fully saturated rings. The second-order valence-corrected chi connectivity index (χ2v) is 2.69. The average molecular weight is 160 g/mol. The molecule has 0 aliphatic heterocycles. The van der Waals surface area contributed by atoms with Crippen LogP contribution in [0.15, 0.2) is 0 Å². The Morgan fingerprint density at radius 2 is 2.09 bits per heavy atom. The molecule has 66 valence electrons. The summed E-state index contributed by atoms with van der Waals surface area (Å²) in [5.41, 5.74) is 0. The van der Waals surface area contributed by atoms with Gasteiger partial charge in [0.2, 0.25) is 5.91 Å². The normalized spacial score (nSPS) is 13.2. The van der Waals surface area contributed by atoms with E-state index >= 15 is 0 Å². The van der Waals surface area contributed by atoms with Gasteiger partial charge in [0, 0.05) is 6.04 Å². The highest BCUT2D eigenvalue weighted by atomic mass is 16.3. The molecule has 4 heteroatoms. The molecule has 0 aliphatic carbocycles. The zero-order valence-corrected chi connectivity index (χ0v) is 7.22. The zero-order chi connectivity index (χ0) is 8.85. The highest BCUT2D eigenvalue weighted by Gasteiger charge is 2.14. The fraction of sp³-hybridized carbons (Fsp3) is 0.857. The summed E-state index contributed by atoms with van der Waals surface area (Å²) in [5.74, 6) is -0.162. The molecule has 0 aromatic heterocycles. The van der Waals surface area contributed by atoms with Crippen LogP contribution in [0.3, 0.4) is 0 Å². The summed E-state index contributed by atoms with van der Waals surface area (Å²) in [4.78, 5) is 11.1. The van der Waals surface area contributed by atoms with Crippen LogP contribution in [0.4, 0.5) is 0 Å². The van der Waals surface area contributed by atoms with Crippen molar-refractivity contribution in [1.82, 2.24) is 10.6 Å². The van der Waals surface area contributed by atoms with Crippen molar-refractivity contribution in [1.29, 1.82) is 0 Å². The van der Waals surface area contributed by atoms with Crippen molar-refractivity contribution in [3.63, 3.8) is 0 Å². The fourth-order valence-electron chi connectivity index (χ4n) is 0.690. The average Bonchev–Trinajstić information content (AvgIpc) is 1.88. The smallest absolute Gasteiger partial charge is 0.239 e. The largest absolute Gasteiger partial charge is 0.394 e. The third-order valence-corrected chi connectivity index (χ3v) is 1.28. The van der Waals surface area contributed by atoms with Crippen molar-refractivity contribution in [3.8, 4) is 0 Å². The van der Waals surface area contributed by atoms with Gasteiger partial charge in [0.1, 0.15) is 6.04 Å². The molecule has 0 saturated heterocycles. The number of aliphatic hydroxyl groups excluding tert-OH is 1. The lowest BCUT2D eigenvalue weighted by molar-refractivity contribution is -0.124. The molecule has 4 nitrogen and oxygen atoms in total. The van der Waals surface area contributed by atoms with Crippen molar-refractivity contribution in [2.75, 3.05) is 13.7 Å². The van der Waals surface area contributed by atoms with Crippen LogP contribution < -0.4 is 10.6 Å². The van der Waals surface area contributed by atoms with Gasteiger partial charge in [0.25, 0.3) is 0 Å². The fourth-order valence-corrected chi connectivity index (χ4v) is 0.690. The first kappa shape index (κ1) is 10.4. The maximum atomic E-state index is 11.1.